The number of para-hydroxylation sites is 3. The number of rotatable bonds is 5. The zero-order valence-corrected chi connectivity index (χ0v) is 13.9. The number of benzene rings is 2. The number of hydrogen-bond donors (Lipinski definition) is 1. The van der Waals surface area contributed by atoms with Crippen molar-refractivity contribution in [3.8, 4) is 11.5 Å². The molecule has 1 heterocycles. The molecule has 1 aliphatic heterocycles. The van der Waals surface area contributed by atoms with E-state index in [1.807, 2.05) is 55.6 Å². The SMILES string of the molecule is C[C@H](CNC(=O)[C@@H]1COc2ccccc2O1)N(C)c1ccccc1. The third-order valence-corrected chi connectivity index (χ3v) is 4.20. The maximum absolute atomic E-state index is 12.3. The third kappa shape index (κ3) is 3.62. The number of likely N-dealkylation sites (N-methyl/N-ethyl adjacent to an activating group) is 1. The highest BCUT2D eigenvalue weighted by atomic mass is 16.6. The van der Waals surface area contributed by atoms with Crippen LogP contribution in [0.4, 0.5) is 5.69 Å². The van der Waals surface area contributed by atoms with E-state index in [2.05, 4.69) is 17.1 Å². The van der Waals surface area contributed by atoms with Gasteiger partial charge in [-0.3, -0.25) is 4.79 Å². The summed E-state index contributed by atoms with van der Waals surface area (Å²) >= 11 is 0. The Hall–Kier alpha value is -2.69. The molecule has 1 N–H and O–H groups in total. The molecule has 0 bridgehead atoms. The summed E-state index contributed by atoms with van der Waals surface area (Å²) in [6.45, 7) is 2.83. The van der Waals surface area contributed by atoms with Crippen molar-refractivity contribution in [2.24, 2.45) is 0 Å². The molecule has 2 aromatic carbocycles. The molecule has 0 aliphatic carbocycles. The summed E-state index contributed by atoms with van der Waals surface area (Å²) < 4.78 is 11.3. The number of nitrogens with zero attached hydrogens (tertiary/aromatic N) is 1. The van der Waals surface area contributed by atoms with Crippen molar-refractivity contribution in [1.82, 2.24) is 5.32 Å². The first-order chi connectivity index (χ1) is 11.6. The Kier molecular flexibility index (Phi) is 4.89. The fraction of sp³-hybridized carbons (Fsp3) is 0.316. The van der Waals surface area contributed by atoms with E-state index < -0.39 is 6.10 Å². The molecule has 5 nitrogen and oxygen atoms in total. The molecule has 126 valence electrons. The molecule has 2 atom stereocenters. The van der Waals surface area contributed by atoms with Gasteiger partial charge in [0.25, 0.3) is 5.91 Å². The third-order valence-electron chi connectivity index (χ3n) is 4.20. The van der Waals surface area contributed by atoms with Crippen molar-refractivity contribution in [2.45, 2.75) is 19.1 Å². The summed E-state index contributed by atoms with van der Waals surface area (Å²) in [5, 5.41) is 2.95. The lowest BCUT2D eigenvalue weighted by molar-refractivity contribution is -0.130. The smallest absolute Gasteiger partial charge is 0.264 e. The lowest BCUT2D eigenvalue weighted by atomic mass is 10.2. The van der Waals surface area contributed by atoms with Crippen LogP contribution in [0.5, 0.6) is 11.5 Å². The second-order valence-electron chi connectivity index (χ2n) is 5.90. The zero-order valence-electron chi connectivity index (χ0n) is 13.9. The van der Waals surface area contributed by atoms with E-state index in [4.69, 9.17) is 9.47 Å². The lowest BCUT2D eigenvalue weighted by Gasteiger charge is -2.29. The van der Waals surface area contributed by atoms with Gasteiger partial charge in [-0.1, -0.05) is 30.3 Å². The maximum atomic E-state index is 12.3. The molecule has 0 radical (unpaired) electrons. The first kappa shape index (κ1) is 16.2. The van der Waals surface area contributed by atoms with Crippen molar-refractivity contribution < 1.29 is 14.3 Å². The first-order valence-electron chi connectivity index (χ1n) is 8.09. The average molecular weight is 326 g/mol. The van der Waals surface area contributed by atoms with Crippen LogP contribution in [0.15, 0.2) is 54.6 Å². The molecule has 0 spiro atoms. The first-order valence-corrected chi connectivity index (χ1v) is 8.09. The number of nitrogens with one attached hydrogen (secondary N) is 1. The van der Waals surface area contributed by atoms with Gasteiger partial charge < -0.3 is 19.7 Å². The second kappa shape index (κ2) is 7.25. The minimum Gasteiger partial charge on any atom is -0.485 e. The fourth-order valence-corrected chi connectivity index (χ4v) is 2.57. The van der Waals surface area contributed by atoms with Gasteiger partial charge in [0, 0.05) is 25.3 Å². The van der Waals surface area contributed by atoms with Gasteiger partial charge >= 0.3 is 0 Å². The molecule has 0 saturated heterocycles. The van der Waals surface area contributed by atoms with E-state index in [1.165, 1.54) is 0 Å². The Morgan fingerprint density at radius 3 is 2.58 bits per heavy atom. The van der Waals surface area contributed by atoms with Gasteiger partial charge in [0.15, 0.2) is 11.5 Å². The van der Waals surface area contributed by atoms with E-state index >= 15 is 0 Å². The minimum absolute atomic E-state index is 0.155. The quantitative estimate of drug-likeness (QED) is 0.917. The van der Waals surface area contributed by atoms with E-state index in [0.717, 1.165) is 5.69 Å². The highest BCUT2D eigenvalue weighted by molar-refractivity contribution is 5.81. The van der Waals surface area contributed by atoms with Crippen LogP contribution in [0.2, 0.25) is 0 Å². The van der Waals surface area contributed by atoms with Crippen LogP contribution < -0.4 is 19.7 Å². The van der Waals surface area contributed by atoms with E-state index in [-0.39, 0.29) is 18.6 Å². The molecular weight excluding hydrogens is 304 g/mol. The van der Waals surface area contributed by atoms with Gasteiger partial charge in [-0.15, -0.1) is 0 Å². The summed E-state index contributed by atoms with van der Waals surface area (Å²) in [4.78, 5) is 14.5. The largest absolute Gasteiger partial charge is 0.485 e. The normalized spacial score (nSPS) is 17.0. The van der Waals surface area contributed by atoms with Gasteiger partial charge in [-0.25, -0.2) is 0 Å². The Labute approximate surface area is 142 Å². The van der Waals surface area contributed by atoms with Crippen LogP contribution in [-0.2, 0) is 4.79 Å². The Morgan fingerprint density at radius 2 is 1.83 bits per heavy atom. The Balaban J connectivity index is 1.53. The molecule has 1 amide bonds. The van der Waals surface area contributed by atoms with Crippen LogP contribution in [0, 0.1) is 0 Å². The molecule has 0 saturated carbocycles. The number of anilines is 1. The molecule has 2 aromatic rings. The Bertz CT molecular complexity index is 690. The van der Waals surface area contributed by atoms with E-state index in [0.29, 0.717) is 18.0 Å². The van der Waals surface area contributed by atoms with Crippen molar-refractivity contribution in [3.05, 3.63) is 54.6 Å². The highest BCUT2D eigenvalue weighted by Crippen LogP contribution is 2.30. The van der Waals surface area contributed by atoms with E-state index in [1.54, 1.807) is 6.07 Å². The number of amides is 1. The molecule has 0 aromatic heterocycles. The molecule has 0 fully saturated rings. The van der Waals surface area contributed by atoms with Gasteiger partial charge in [0.2, 0.25) is 6.10 Å². The van der Waals surface area contributed by atoms with Crippen LogP contribution in [-0.4, -0.2) is 38.3 Å². The maximum Gasteiger partial charge on any atom is 0.264 e. The Morgan fingerprint density at radius 1 is 1.17 bits per heavy atom. The van der Waals surface area contributed by atoms with Crippen molar-refractivity contribution in [3.63, 3.8) is 0 Å². The molecule has 1 aliphatic rings. The number of carbonyl (C=O) groups excluding carboxylic acids is 1. The van der Waals surface area contributed by atoms with Gasteiger partial charge in [0.1, 0.15) is 6.61 Å². The van der Waals surface area contributed by atoms with Crippen LogP contribution in [0.25, 0.3) is 0 Å². The standard InChI is InChI=1S/C19H22N2O3/c1-14(21(2)15-8-4-3-5-9-15)12-20-19(22)18-13-23-16-10-6-7-11-17(16)24-18/h3-11,14,18H,12-13H2,1-2H3,(H,20,22)/t14-,18+/m1/s1. The molecule has 5 heteroatoms. The number of carbonyl (C=O) groups is 1. The van der Waals surface area contributed by atoms with Gasteiger partial charge in [-0.2, -0.15) is 0 Å². The van der Waals surface area contributed by atoms with Crippen molar-refractivity contribution in [2.75, 3.05) is 25.1 Å². The summed E-state index contributed by atoms with van der Waals surface area (Å²) in [7, 11) is 2.02. The summed E-state index contributed by atoms with van der Waals surface area (Å²) in [6, 6.07) is 17.6. The fourth-order valence-electron chi connectivity index (χ4n) is 2.57. The summed E-state index contributed by atoms with van der Waals surface area (Å²) in [6.07, 6.45) is -0.617. The lowest BCUT2D eigenvalue weighted by Crippen LogP contribution is -2.48. The average Bonchev–Trinajstić information content (AvgIpc) is 2.65. The van der Waals surface area contributed by atoms with Crippen LogP contribution >= 0.6 is 0 Å². The predicted octanol–water partition coefficient (Wildman–Crippen LogP) is 2.47. The molecule has 0 unspecified atom stereocenters. The number of fused-ring (bicyclic) bond motifs is 1. The predicted molar refractivity (Wildman–Crippen MR) is 93.7 cm³/mol. The summed E-state index contributed by atoms with van der Waals surface area (Å²) in [5.74, 6) is 1.13. The molecular formula is C19H22N2O3. The molecule has 24 heavy (non-hydrogen) atoms. The highest BCUT2D eigenvalue weighted by Gasteiger charge is 2.27. The molecule has 3 rings (SSSR count). The van der Waals surface area contributed by atoms with Crippen molar-refractivity contribution in [1.29, 1.82) is 0 Å². The topological polar surface area (TPSA) is 50.8 Å². The van der Waals surface area contributed by atoms with Crippen LogP contribution in [0.3, 0.4) is 0 Å². The number of ether oxygens (including phenoxy) is 2. The number of hydrogen-bond acceptors (Lipinski definition) is 4. The monoisotopic (exact) mass is 326 g/mol. The van der Waals surface area contributed by atoms with Gasteiger partial charge in [0.05, 0.1) is 0 Å². The van der Waals surface area contributed by atoms with Gasteiger partial charge in [-0.05, 0) is 31.2 Å². The summed E-state index contributed by atoms with van der Waals surface area (Å²) in [5.41, 5.74) is 1.12. The zero-order chi connectivity index (χ0) is 16.9. The minimum atomic E-state index is -0.617. The van der Waals surface area contributed by atoms with E-state index in [9.17, 15) is 4.79 Å². The second-order valence-corrected chi connectivity index (χ2v) is 5.90. The van der Waals surface area contributed by atoms with Crippen molar-refractivity contribution >= 4 is 11.6 Å². The van der Waals surface area contributed by atoms with Crippen LogP contribution in [0.1, 0.15) is 6.92 Å².